The van der Waals surface area contributed by atoms with Gasteiger partial charge < -0.3 is 15.3 Å². The maximum Gasteiger partial charge on any atom is 0.354 e. The lowest BCUT2D eigenvalue weighted by Crippen LogP contribution is -2.43. The summed E-state index contributed by atoms with van der Waals surface area (Å²) in [5, 5.41) is 11.6. The van der Waals surface area contributed by atoms with Gasteiger partial charge in [0.25, 0.3) is 0 Å². The second-order valence-corrected chi connectivity index (χ2v) is 5.79. The predicted molar refractivity (Wildman–Crippen MR) is 76.9 cm³/mol. The van der Waals surface area contributed by atoms with Crippen molar-refractivity contribution >= 4 is 23.8 Å². The number of hydrogen-bond acceptors (Lipinski definition) is 4. The molecule has 2 heterocycles. The Labute approximate surface area is 121 Å². The first-order chi connectivity index (χ1) is 9.58. The van der Waals surface area contributed by atoms with Crippen molar-refractivity contribution < 1.29 is 14.7 Å². The van der Waals surface area contributed by atoms with Crippen molar-refractivity contribution in [3.8, 4) is 0 Å². The molecule has 20 heavy (non-hydrogen) atoms. The van der Waals surface area contributed by atoms with Crippen molar-refractivity contribution in [3.05, 3.63) is 29.6 Å². The summed E-state index contributed by atoms with van der Waals surface area (Å²) < 4.78 is 0. The number of carboxylic acid groups (broad SMARTS) is 1. The van der Waals surface area contributed by atoms with E-state index in [0.29, 0.717) is 12.6 Å². The second kappa shape index (κ2) is 6.60. The summed E-state index contributed by atoms with van der Waals surface area (Å²) in [5.74, 6) is 1.03. The largest absolute Gasteiger partial charge is 0.477 e. The van der Waals surface area contributed by atoms with Crippen LogP contribution in [0.15, 0.2) is 18.3 Å². The molecule has 1 aromatic heterocycles. The number of rotatable bonds is 4. The van der Waals surface area contributed by atoms with E-state index < -0.39 is 5.97 Å². The van der Waals surface area contributed by atoms with E-state index in [1.165, 1.54) is 12.3 Å². The molecule has 1 aliphatic heterocycles. The van der Waals surface area contributed by atoms with Gasteiger partial charge >= 0.3 is 12.0 Å². The van der Waals surface area contributed by atoms with Crippen LogP contribution in [-0.4, -0.2) is 51.6 Å². The Balaban J connectivity index is 1.84. The average Bonchev–Trinajstić information content (AvgIpc) is 2.98. The van der Waals surface area contributed by atoms with E-state index in [1.807, 2.05) is 11.8 Å². The molecule has 1 aromatic rings. The molecule has 0 bridgehead atoms. The van der Waals surface area contributed by atoms with Crippen LogP contribution < -0.4 is 5.32 Å². The zero-order valence-electron chi connectivity index (χ0n) is 11.2. The number of amides is 2. The number of nitrogens with one attached hydrogen (secondary N) is 1. The lowest BCUT2D eigenvalue weighted by molar-refractivity contribution is 0.0690. The fraction of sp³-hybridized carbons (Fsp3) is 0.462. The third kappa shape index (κ3) is 3.63. The minimum Gasteiger partial charge on any atom is -0.477 e. The van der Waals surface area contributed by atoms with Gasteiger partial charge in [0.15, 0.2) is 0 Å². The van der Waals surface area contributed by atoms with Crippen molar-refractivity contribution in [1.29, 1.82) is 0 Å². The molecule has 108 valence electrons. The van der Waals surface area contributed by atoms with Crippen LogP contribution >= 0.6 is 11.8 Å². The van der Waals surface area contributed by atoms with Gasteiger partial charge in [0.1, 0.15) is 5.69 Å². The van der Waals surface area contributed by atoms with E-state index in [-0.39, 0.29) is 11.7 Å². The van der Waals surface area contributed by atoms with E-state index in [9.17, 15) is 9.59 Å². The van der Waals surface area contributed by atoms with E-state index in [2.05, 4.69) is 10.3 Å². The molecule has 0 spiro atoms. The third-order valence-corrected chi connectivity index (χ3v) is 4.41. The minimum atomic E-state index is -1.06. The first-order valence-corrected chi connectivity index (χ1v) is 7.50. The Hall–Kier alpha value is -1.76. The number of aromatic nitrogens is 1. The smallest absolute Gasteiger partial charge is 0.354 e. The summed E-state index contributed by atoms with van der Waals surface area (Å²) in [7, 11) is 1.80. The van der Waals surface area contributed by atoms with Gasteiger partial charge in [-0.2, -0.15) is 11.8 Å². The highest BCUT2D eigenvalue weighted by molar-refractivity contribution is 7.99. The van der Waals surface area contributed by atoms with Crippen LogP contribution in [0.25, 0.3) is 0 Å². The number of carbonyl (C=O) groups is 2. The highest BCUT2D eigenvalue weighted by atomic mass is 32.2. The number of pyridine rings is 1. The standard InChI is InChI=1S/C13H17N3O3S/c1-16(10-4-5-20-8-10)13(19)15-7-9-2-3-11(12(17)18)14-6-9/h2-3,6,10H,4-5,7-8H2,1H3,(H,15,19)(H,17,18). The molecule has 1 saturated heterocycles. The lowest BCUT2D eigenvalue weighted by atomic mass is 10.2. The average molecular weight is 295 g/mol. The summed E-state index contributed by atoms with van der Waals surface area (Å²) in [6, 6.07) is 3.27. The Morgan fingerprint density at radius 2 is 2.35 bits per heavy atom. The highest BCUT2D eigenvalue weighted by Crippen LogP contribution is 2.21. The number of aromatic carboxylic acids is 1. The van der Waals surface area contributed by atoms with Crippen molar-refractivity contribution in [2.75, 3.05) is 18.6 Å². The summed E-state index contributed by atoms with van der Waals surface area (Å²) in [6.07, 6.45) is 2.50. The van der Waals surface area contributed by atoms with Gasteiger partial charge in [-0.05, 0) is 23.8 Å². The molecule has 0 aliphatic carbocycles. The Bertz CT molecular complexity index is 486. The van der Waals surface area contributed by atoms with Crippen molar-refractivity contribution in [3.63, 3.8) is 0 Å². The molecular formula is C13H17N3O3S. The number of urea groups is 1. The fourth-order valence-electron chi connectivity index (χ4n) is 1.95. The van der Waals surface area contributed by atoms with E-state index in [4.69, 9.17) is 5.11 Å². The topological polar surface area (TPSA) is 82.5 Å². The van der Waals surface area contributed by atoms with Crippen LogP contribution in [0.1, 0.15) is 22.5 Å². The summed E-state index contributed by atoms with van der Waals surface area (Å²) in [6.45, 7) is 0.343. The SMILES string of the molecule is CN(C(=O)NCc1ccc(C(=O)O)nc1)C1CCSC1. The zero-order chi connectivity index (χ0) is 14.5. The number of carboxylic acids is 1. The molecule has 6 nitrogen and oxygen atoms in total. The summed E-state index contributed by atoms with van der Waals surface area (Å²) in [4.78, 5) is 28.2. The second-order valence-electron chi connectivity index (χ2n) is 4.64. The zero-order valence-corrected chi connectivity index (χ0v) is 12.0. The van der Waals surface area contributed by atoms with Gasteiger partial charge in [-0.1, -0.05) is 6.07 Å². The Morgan fingerprint density at radius 3 is 2.90 bits per heavy atom. The molecule has 0 aromatic carbocycles. The van der Waals surface area contributed by atoms with Crippen LogP contribution in [0.5, 0.6) is 0 Å². The van der Waals surface area contributed by atoms with Crippen molar-refractivity contribution in [2.45, 2.75) is 19.0 Å². The number of carbonyl (C=O) groups excluding carboxylic acids is 1. The maximum atomic E-state index is 12.0. The van der Waals surface area contributed by atoms with Gasteiger partial charge in [0.05, 0.1) is 0 Å². The van der Waals surface area contributed by atoms with Crippen LogP contribution in [-0.2, 0) is 6.54 Å². The van der Waals surface area contributed by atoms with Gasteiger partial charge in [-0.15, -0.1) is 0 Å². The van der Waals surface area contributed by atoms with Gasteiger partial charge in [0.2, 0.25) is 0 Å². The molecule has 1 fully saturated rings. The van der Waals surface area contributed by atoms with Gasteiger partial charge in [-0.3, -0.25) is 0 Å². The summed E-state index contributed by atoms with van der Waals surface area (Å²) >= 11 is 1.86. The van der Waals surface area contributed by atoms with Gasteiger partial charge in [-0.25, -0.2) is 14.6 Å². The summed E-state index contributed by atoms with van der Waals surface area (Å²) in [5.41, 5.74) is 0.776. The Morgan fingerprint density at radius 1 is 1.55 bits per heavy atom. The third-order valence-electron chi connectivity index (χ3n) is 3.26. The molecule has 2 amide bonds. The molecule has 0 saturated carbocycles. The molecule has 0 radical (unpaired) electrons. The molecule has 7 heteroatoms. The monoisotopic (exact) mass is 295 g/mol. The maximum absolute atomic E-state index is 12.0. The minimum absolute atomic E-state index is 0.000162. The fourth-order valence-corrected chi connectivity index (χ4v) is 3.22. The van der Waals surface area contributed by atoms with Crippen LogP contribution in [0, 0.1) is 0 Å². The van der Waals surface area contributed by atoms with E-state index >= 15 is 0 Å². The molecule has 1 unspecified atom stereocenters. The van der Waals surface area contributed by atoms with Crippen molar-refractivity contribution in [2.24, 2.45) is 0 Å². The molecular weight excluding hydrogens is 278 g/mol. The quantitative estimate of drug-likeness (QED) is 0.878. The molecule has 1 aliphatic rings. The highest BCUT2D eigenvalue weighted by Gasteiger charge is 2.23. The van der Waals surface area contributed by atoms with Crippen molar-refractivity contribution in [1.82, 2.24) is 15.2 Å². The molecule has 1 atom stereocenters. The first-order valence-electron chi connectivity index (χ1n) is 6.34. The number of hydrogen-bond donors (Lipinski definition) is 2. The molecule has 2 N–H and O–H groups in total. The number of nitrogens with zero attached hydrogens (tertiary/aromatic N) is 2. The molecule has 2 rings (SSSR count). The van der Waals surface area contributed by atoms with Crippen LogP contribution in [0.2, 0.25) is 0 Å². The number of thioether (sulfide) groups is 1. The predicted octanol–water partition coefficient (Wildman–Crippen LogP) is 1.43. The first kappa shape index (κ1) is 14.6. The van der Waals surface area contributed by atoms with E-state index in [1.54, 1.807) is 18.0 Å². The normalized spacial score (nSPS) is 17.8. The Kier molecular flexibility index (Phi) is 4.84. The van der Waals surface area contributed by atoms with Crippen LogP contribution in [0.4, 0.5) is 4.79 Å². The lowest BCUT2D eigenvalue weighted by Gasteiger charge is -2.24. The van der Waals surface area contributed by atoms with E-state index in [0.717, 1.165) is 23.5 Å². The van der Waals surface area contributed by atoms with Gasteiger partial charge in [0, 0.05) is 31.6 Å². The van der Waals surface area contributed by atoms with Crippen LogP contribution in [0.3, 0.4) is 0 Å².